The number of carbonyl (C=O) groups excluding carboxylic acids is 1. The molecule has 0 heterocycles. The van der Waals surface area contributed by atoms with Crippen LogP contribution in [0.2, 0.25) is 0 Å². The second-order valence-corrected chi connectivity index (χ2v) is 4.68. The molecule has 0 unspecified atom stereocenters. The average Bonchev–Trinajstić information content (AvgIpc) is 2.29. The van der Waals surface area contributed by atoms with E-state index in [0.717, 1.165) is 12.8 Å². The molecule has 92 valence electrons. The van der Waals surface area contributed by atoms with Gasteiger partial charge in [0.15, 0.2) is 0 Å². The zero-order chi connectivity index (χ0) is 12.1. The third-order valence-electron chi connectivity index (χ3n) is 3.53. The Morgan fingerprint density at radius 2 is 1.94 bits per heavy atom. The molecule has 16 heavy (non-hydrogen) atoms. The van der Waals surface area contributed by atoms with Crippen LogP contribution in [0, 0.1) is 11.8 Å². The Bertz CT molecular complexity index is 252. The Balaban J connectivity index is 2.73. The van der Waals surface area contributed by atoms with Gasteiger partial charge in [0.25, 0.3) is 0 Å². The minimum atomic E-state index is -0.533. The molecule has 1 aliphatic carbocycles. The molecule has 0 amide bonds. The SMILES string of the molecule is C=C(C(=O)OC)[C@@H](C1CCCCC1)[C@@H](C)O. The number of hydrogen-bond acceptors (Lipinski definition) is 3. The second-order valence-electron chi connectivity index (χ2n) is 4.68. The first-order valence-electron chi connectivity index (χ1n) is 6.03. The lowest BCUT2D eigenvalue weighted by Gasteiger charge is -2.32. The van der Waals surface area contributed by atoms with Crippen LogP contribution in [0.15, 0.2) is 12.2 Å². The molecular weight excluding hydrogens is 204 g/mol. The van der Waals surface area contributed by atoms with Gasteiger partial charge in [0.2, 0.25) is 0 Å². The molecule has 0 radical (unpaired) electrons. The molecular formula is C13H22O3. The van der Waals surface area contributed by atoms with E-state index in [1.807, 2.05) is 0 Å². The summed E-state index contributed by atoms with van der Waals surface area (Å²) in [4.78, 5) is 11.5. The number of aliphatic hydroxyl groups is 1. The molecule has 0 aromatic carbocycles. The summed E-state index contributed by atoms with van der Waals surface area (Å²) in [7, 11) is 1.35. The highest BCUT2D eigenvalue weighted by molar-refractivity contribution is 5.88. The van der Waals surface area contributed by atoms with E-state index in [2.05, 4.69) is 11.3 Å². The molecule has 0 spiro atoms. The topological polar surface area (TPSA) is 46.5 Å². The monoisotopic (exact) mass is 226 g/mol. The number of esters is 1. The Hall–Kier alpha value is -0.830. The Morgan fingerprint density at radius 1 is 1.38 bits per heavy atom. The lowest BCUT2D eigenvalue weighted by Crippen LogP contribution is -2.31. The van der Waals surface area contributed by atoms with Crippen LogP contribution in [0.3, 0.4) is 0 Å². The van der Waals surface area contributed by atoms with Crippen molar-refractivity contribution in [2.45, 2.75) is 45.1 Å². The van der Waals surface area contributed by atoms with E-state index in [4.69, 9.17) is 0 Å². The van der Waals surface area contributed by atoms with Gasteiger partial charge in [-0.15, -0.1) is 0 Å². The highest BCUT2D eigenvalue weighted by Crippen LogP contribution is 2.35. The number of rotatable bonds is 4. The van der Waals surface area contributed by atoms with Gasteiger partial charge in [-0.25, -0.2) is 4.79 Å². The number of carbonyl (C=O) groups is 1. The fourth-order valence-corrected chi connectivity index (χ4v) is 2.73. The summed E-state index contributed by atoms with van der Waals surface area (Å²) in [5.41, 5.74) is 0.421. The standard InChI is InChI=1S/C13H22O3/c1-9(13(15)16-3)12(10(2)14)11-7-5-4-6-8-11/h10-12,14H,1,4-8H2,2-3H3/t10-,12-/m1/s1. The molecule has 0 aromatic heterocycles. The quantitative estimate of drug-likeness (QED) is 0.591. The first kappa shape index (κ1) is 13.2. The largest absolute Gasteiger partial charge is 0.466 e. The maximum Gasteiger partial charge on any atom is 0.333 e. The number of ether oxygens (including phenoxy) is 1. The minimum Gasteiger partial charge on any atom is -0.466 e. The van der Waals surface area contributed by atoms with Crippen molar-refractivity contribution in [2.24, 2.45) is 11.8 Å². The second kappa shape index (κ2) is 6.04. The van der Waals surface area contributed by atoms with E-state index in [9.17, 15) is 9.90 Å². The van der Waals surface area contributed by atoms with Gasteiger partial charge < -0.3 is 9.84 Å². The molecule has 2 atom stereocenters. The van der Waals surface area contributed by atoms with Crippen molar-refractivity contribution in [3.63, 3.8) is 0 Å². The van der Waals surface area contributed by atoms with Gasteiger partial charge in [0.1, 0.15) is 0 Å². The van der Waals surface area contributed by atoms with E-state index in [1.54, 1.807) is 6.92 Å². The Kier molecular flexibility index (Phi) is 5.00. The van der Waals surface area contributed by atoms with Crippen molar-refractivity contribution < 1.29 is 14.6 Å². The van der Waals surface area contributed by atoms with Crippen LogP contribution in [-0.2, 0) is 9.53 Å². The van der Waals surface area contributed by atoms with Gasteiger partial charge in [-0.1, -0.05) is 25.8 Å². The Morgan fingerprint density at radius 3 is 2.38 bits per heavy atom. The number of hydrogen-bond donors (Lipinski definition) is 1. The van der Waals surface area contributed by atoms with E-state index >= 15 is 0 Å². The van der Waals surface area contributed by atoms with E-state index in [0.29, 0.717) is 11.5 Å². The summed E-state index contributed by atoms with van der Waals surface area (Å²) in [6.07, 6.45) is 5.24. The first-order chi connectivity index (χ1) is 7.57. The normalized spacial score (nSPS) is 21.2. The van der Waals surface area contributed by atoms with E-state index in [-0.39, 0.29) is 5.92 Å². The van der Waals surface area contributed by atoms with Crippen LogP contribution < -0.4 is 0 Å². The Labute approximate surface area is 97.5 Å². The molecule has 0 bridgehead atoms. The van der Waals surface area contributed by atoms with Crippen molar-refractivity contribution in [3.05, 3.63) is 12.2 Å². The summed E-state index contributed by atoms with van der Waals surface area (Å²) in [5.74, 6) is -0.162. The van der Waals surface area contributed by atoms with Crippen LogP contribution >= 0.6 is 0 Å². The lowest BCUT2D eigenvalue weighted by molar-refractivity contribution is -0.137. The third kappa shape index (κ3) is 3.08. The molecule has 1 saturated carbocycles. The van der Waals surface area contributed by atoms with Crippen LogP contribution in [-0.4, -0.2) is 24.3 Å². The van der Waals surface area contributed by atoms with E-state index < -0.39 is 12.1 Å². The molecule has 1 rings (SSSR count). The fourth-order valence-electron chi connectivity index (χ4n) is 2.73. The molecule has 1 aliphatic rings. The van der Waals surface area contributed by atoms with Gasteiger partial charge in [-0.3, -0.25) is 0 Å². The van der Waals surface area contributed by atoms with Crippen molar-refractivity contribution >= 4 is 5.97 Å². The van der Waals surface area contributed by atoms with Crippen LogP contribution in [0.25, 0.3) is 0 Å². The molecule has 1 fully saturated rings. The predicted octanol–water partition coefficient (Wildman–Crippen LogP) is 2.29. The van der Waals surface area contributed by atoms with Crippen molar-refractivity contribution in [1.29, 1.82) is 0 Å². The number of methoxy groups -OCH3 is 1. The smallest absolute Gasteiger partial charge is 0.333 e. The average molecular weight is 226 g/mol. The summed E-state index contributed by atoms with van der Waals surface area (Å²) in [6, 6.07) is 0. The van der Waals surface area contributed by atoms with E-state index in [1.165, 1.54) is 26.4 Å². The van der Waals surface area contributed by atoms with Crippen LogP contribution in [0.4, 0.5) is 0 Å². The zero-order valence-corrected chi connectivity index (χ0v) is 10.2. The molecule has 1 N–H and O–H groups in total. The summed E-state index contributed by atoms with van der Waals surface area (Å²) in [5, 5.41) is 9.81. The minimum absolute atomic E-state index is 0.146. The van der Waals surface area contributed by atoms with Gasteiger partial charge >= 0.3 is 5.97 Å². The maximum absolute atomic E-state index is 11.5. The predicted molar refractivity (Wildman–Crippen MR) is 62.9 cm³/mol. The van der Waals surface area contributed by atoms with Crippen LogP contribution in [0.1, 0.15) is 39.0 Å². The lowest BCUT2D eigenvalue weighted by atomic mass is 9.74. The molecule has 0 aliphatic heterocycles. The fraction of sp³-hybridized carbons (Fsp3) is 0.769. The highest BCUT2D eigenvalue weighted by Gasteiger charge is 2.32. The van der Waals surface area contributed by atoms with Crippen molar-refractivity contribution in [3.8, 4) is 0 Å². The third-order valence-corrected chi connectivity index (χ3v) is 3.53. The maximum atomic E-state index is 11.5. The van der Waals surface area contributed by atoms with Gasteiger partial charge in [-0.05, 0) is 25.7 Å². The summed E-state index contributed by atoms with van der Waals surface area (Å²) < 4.78 is 4.68. The molecule has 0 aromatic rings. The first-order valence-corrected chi connectivity index (χ1v) is 6.03. The van der Waals surface area contributed by atoms with Crippen LogP contribution in [0.5, 0.6) is 0 Å². The molecule has 3 nitrogen and oxygen atoms in total. The van der Waals surface area contributed by atoms with Crippen molar-refractivity contribution in [1.82, 2.24) is 0 Å². The van der Waals surface area contributed by atoms with Gasteiger partial charge in [0.05, 0.1) is 13.2 Å². The van der Waals surface area contributed by atoms with Gasteiger partial charge in [0, 0.05) is 11.5 Å². The summed E-state index contributed by atoms with van der Waals surface area (Å²) in [6.45, 7) is 5.52. The summed E-state index contributed by atoms with van der Waals surface area (Å²) >= 11 is 0. The molecule has 0 saturated heterocycles. The zero-order valence-electron chi connectivity index (χ0n) is 10.2. The number of aliphatic hydroxyl groups excluding tert-OH is 1. The molecule has 3 heteroatoms. The van der Waals surface area contributed by atoms with Crippen molar-refractivity contribution in [2.75, 3.05) is 7.11 Å². The highest BCUT2D eigenvalue weighted by atomic mass is 16.5. The van der Waals surface area contributed by atoms with Gasteiger partial charge in [-0.2, -0.15) is 0 Å².